The maximum Gasteiger partial charge on any atom is 0.315 e. The zero-order valence-electron chi connectivity index (χ0n) is 11.7. The van der Waals surface area contributed by atoms with Gasteiger partial charge in [-0.15, -0.1) is 16.4 Å². The van der Waals surface area contributed by atoms with Gasteiger partial charge in [0.25, 0.3) is 0 Å². The number of thiazole rings is 1. The highest BCUT2D eigenvalue weighted by Crippen LogP contribution is 2.17. The third kappa shape index (κ3) is 4.00. The number of hydrogen-bond donors (Lipinski definition) is 1. The summed E-state index contributed by atoms with van der Waals surface area (Å²) in [6.07, 6.45) is 0.866. The smallest absolute Gasteiger partial charge is 0.315 e. The van der Waals surface area contributed by atoms with Gasteiger partial charge in [0, 0.05) is 17.8 Å². The number of rotatable bonds is 6. The highest BCUT2D eigenvalue weighted by Gasteiger charge is 2.07. The second-order valence-corrected chi connectivity index (χ2v) is 5.95. The van der Waals surface area contributed by atoms with Crippen LogP contribution in [0.4, 0.5) is 6.01 Å². The first-order valence-corrected chi connectivity index (χ1v) is 7.00. The van der Waals surface area contributed by atoms with Crippen LogP contribution in [0.5, 0.6) is 0 Å². The van der Waals surface area contributed by atoms with E-state index in [1.165, 1.54) is 4.88 Å². The van der Waals surface area contributed by atoms with Crippen molar-refractivity contribution in [1.82, 2.24) is 20.1 Å². The Morgan fingerprint density at radius 2 is 2.05 bits per heavy atom. The average Bonchev–Trinajstić information content (AvgIpc) is 2.87. The Morgan fingerprint density at radius 3 is 2.68 bits per heavy atom. The van der Waals surface area contributed by atoms with Crippen LogP contribution in [0.25, 0.3) is 0 Å². The number of nitrogens with zero attached hydrogens (tertiary/aromatic N) is 4. The Morgan fingerprint density at radius 1 is 1.26 bits per heavy atom. The lowest BCUT2D eigenvalue weighted by Gasteiger charge is -2.03. The van der Waals surface area contributed by atoms with Gasteiger partial charge in [0.15, 0.2) is 0 Å². The molecular weight excluding hydrogens is 262 g/mol. The number of hydrogen-bond acceptors (Lipinski definition) is 7. The Labute approximate surface area is 116 Å². The number of nitrogens with one attached hydrogen (secondary N) is 1. The Bertz CT molecular complexity index is 514. The number of anilines is 1. The first-order chi connectivity index (χ1) is 9.04. The van der Waals surface area contributed by atoms with E-state index < -0.39 is 0 Å². The summed E-state index contributed by atoms with van der Waals surface area (Å²) in [6, 6.07) is 0.474. The Hall–Kier alpha value is -1.47. The topological polar surface area (TPSA) is 67.1 Å². The first kappa shape index (κ1) is 14.0. The monoisotopic (exact) mass is 281 g/mol. The molecule has 0 fully saturated rings. The highest BCUT2D eigenvalue weighted by atomic mass is 32.1. The normalized spacial score (nSPS) is 11.2. The van der Waals surface area contributed by atoms with Crippen molar-refractivity contribution in [3.63, 3.8) is 0 Å². The average molecular weight is 281 g/mol. The molecule has 2 heterocycles. The summed E-state index contributed by atoms with van der Waals surface area (Å²) in [5, 5.41) is 12.2. The van der Waals surface area contributed by atoms with Crippen LogP contribution in [0.15, 0.2) is 4.42 Å². The van der Waals surface area contributed by atoms with Gasteiger partial charge in [-0.05, 0) is 27.9 Å². The van der Waals surface area contributed by atoms with Crippen LogP contribution in [0.1, 0.15) is 21.5 Å². The predicted molar refractivity (Wildman–Crippen MR) is 75.5 cm³/mol. The lowest BCUT2D eigenvalue weighted by atomic mass is 10.4. The third-order valence-electron chi connectivity index (χ3n) is 2.61. The van der Waals surface area contributed by atoms with Crippen LogP contribution >= 0.6 is 11.3 Å². The second kappa shape index (κ2) is 6.12. The molecule has 7 heteroatoms. The van der Waals surface area contributed by atoms with Crippen LogP contribution < -0.4 is 5.32 Å². The molecule has 0 aromatic carbocycles. The molecule has 2 aromatic rings. The second-order valence-electron chi connectivity index (χ2n) is 4.66. The minimum atomic E-state index is 0.474. The van der Waals surface area contributed by atoms with Crippen molar-refractivity contribution in [1.29, 1.82) is 0 Å². The Balaban J connectivity index is 1.80. The SMILES string of the molecule is Cc1nc(CCNc2nnc(CN(C)C)o2)sc1C. The zero-order valence-corrected chi connectivity index (χ0v) is 12.5. The van der Waals surface area contributed by atoms with Crippen molar-refractivity contribution in [2.45, 2.75) is 26.8 Å². The van der Waals surface area contributed by atoms with E-state index in [4.69, 9.17) is 4.42 Å². The van der Waals surface area contributed by atoms with Crippen molar-refractivity contribution in [3.8, 4) is 0 Å². The van der Waals surface area contributed by atoms with Crippen LogP contribution in [0.2, 0.25) is 0 Å². The summed E-state index contributed by atoms with van der Waals surface area (Å²) in [5.41, 5.74) is 1.12. The van der Waals surface area contributed by atoms with E-state index in [2.05, 4.69) is 27.4 Å². The fraction of sp³-hybridized carbons (Fsp3) is 0.583. The van der Waals surface area contributed by atoms with Crippen LogP contribution in [0, 0.1) is 13.8 Å². The van der Waals surface area contributed by atoms with Crippen LogP contribution in [0.3, 0.4) is 0 Å². The minimum absolute atomic E-state index is 0.474. The van der Waals surface area contributed by atoms with Gasteiger partial charge in [0.1, 0.15) is 0 Å². The number of aryl methyl sites for hydroxylation is 2. The molecule has 2 aromatic heterocycles. The van der Waals surface area contributed by atoms with E-state index in [0.29, 0.717) is 18.5 Å². The van der Waals surface area contributed by atoms with E-state index in [0.717, 1.165) is 23.7 Å². The molecule has 0 saturated heterocycles. The summed E-state index contributed by atoms with van der Waals surface area (Å²) in [7, 11) is 3.93. The molecule has 0 atom stereocenters. The number of aromatic nitrogens is 3. The van der Waals surface area contributed by atoms with Gasteiger partial charge >= 0.3 is 6.01 Å². The molecule has 0 aliphatic rings. The summed E-state index contributed by atoms with van der Waals surface area (Å²) in [5.74, 6) is 0.619. The Kier molecular flexibility index (Phi) is 4.49. The summed E-state index contributed by atoms with van der Waals surface area (Å²) < 4.78 is 5.47. The van der Waals surface area contributed by atoms with Gasteiger partial charge < -0.3 is 14.6 Å². The van der Waals surface area contributed by atoms with Gasteiger partial charge in [-0.1, -0.05) is 5.10 Å². The largest absolute Gasteiger partial charge is 0.407 e. The third-order valence-corrected chi connectivity index (χ3v) is 3.74. The molecule has 0 saturated carbocycles. The first-order valence-electron chi connectivity index (χ1n) is 6.18. The van der Waals surface area contributed by atoms with Gasteiger partial charge in [-0.3, -0.25) is 0 Å². The van der Waals surface area contributed by atoms with Gasteiger partial charge in [-0.25, -0.2) is 4.98 Å². The van der Waals surface area contributed by atoms with Crippen LogP contribution in [-0.4, -0.2) is 40.7 Å². The van der Waals surface area contributed by atoms with Gasteiger partial charge in [-0.2, -0.15) is 0 Å². The highest BCUT2D eigenvalue weighted by molar-refractivity contribution is 7.11. The molecule has 0 radical (unpaired) electrons. The quantitative estimate of drug-likeness (QED) is 0.871. The maximum atomic E-state index is 5.47. The molecule has 104 valence electrons. The predicted octanol–water partition coefficient (Wildman–Crippen LogP) is 1.86. The van der Waals surface area contributed by atoms with Crippen LogP contribution in [-0.2, 0) is 13.0 Å². The summed E-state index contributed by atoms with van der Waals surface area (Å²) in [4.78, 5) is 7.75. The lowest BCUT2D eigenvalue weighted by molar-refractivity contribution is 0.344. The van der Waals surface area contributed by atoms with Crippen molar-refractivity contribution >= 4 is 17.4 Å². The summed E-state index contributed by atoms with van der Waals surface area (Å²) >= 11 is 1.74. The van der Waals surface area contributed by atoms with E-state index in [1.54, 1.807) is 11.3 Å². The molecule has 6 nitrogen and oxygen atoms in total. The van der Waals surface area contributed by atoms with Gasteiger partial charge in [0.05, 0.1) is 17.2 Å². The molecule has 2 rings (SSSR count). The fourth-order valence-electron chi connectivity index (χ4n) is 1.58. The lowest BCUT2D eigenvalue weighted by Crippen LogP contribution is -2.10. The fourth-order valence-corrected chi connectivity index (χ4v) is 2.52. The van der Waals surface area contributed by atoms with Crippen molar-refractivity contribution < 1.29 is 4.42 Å². The zero-order chi connectivity index (χ0) is 13.8. The standard InChI is InChI=1S/C12H19N5OS/c1-8-9(2)19-11(14-8)5-6-13-12-16-15-10(18-12)7-17(3)4/h5-7H2,1-4H3,(H,13,16). The molecule has 0 spiro atoms. The molecule has 19 heavy (non-hydrogen) atoms. The molecule has 0 unspecified atom stereocenters. The molecule has 0 amide bonds. The van der Waals surface area contributed by atoms with E-state index >= 15 is 0 Å². The molecule has 0 aliphatic heterocycles. The van der Waals surface area contributed by atoms with Gasteiger partial charge in [0.2, 0.25) is 5.89 Å². The van der Waals surface area contributed by atoms with Crippen molar-refractivity contribution in [2.75, 3.05) is 26.0 Å². The maximum absolute atomic E-state index is 5.47. The minimum Gasteiger partial charge on any atom is -0.407 e. The van der Waals surface area contributed by atoms with Crippen molar-refractivity contribution in [2.24, 2.45) is 0 Å². The molecule has 1 N–H and O–H groups in total. The van der Waals surface area contributed by atoms with E-state index in [9.17, 15) is 0 Å². The molecular formula is C12H19N5OS. The molecule has 0 aliphatic carbocycles. The molecule has 0 bridgehead atoms. The van der Waals surface area contributed by atoms with E-state index in [1.807, 2.05) is 25.9 Å². The van der Waals surface area contributed by atoms with Crippen molar-refractivity contribution in [3.05, 3.63) is 21.5 Å². The van der Waals surface area contributed by atoms with E-state index in [-0.39, 0.29) is 0 Å². The summed E-state index contributed by atoms with van der Waals surface area (Å²) in [6.45, 7) is 5.53.